The van der Waals surface area contributed by atoms with Crippen LogP contribution < -0.4 is 5.73 Å². The van der Waals surface area contributed by atoms with Gasteiger partial charge in [-0.3, -0.25) is 0 Å². The molecular weight excluding hydrogens is 238 g/mol. The van der Waals surface area contributed by atoms with Gasteiger partial charge in [-0.25, -0.2) is 0 Å². The van der Waals surface area contributed by atoms with Crippen LogP contribution in [0.15, 0.2) is 28.7 Å². The van der Waals surface area contributed by atoms with Crippen LogP contribution >= 0.6 is 15.9 Å². The number of halogens is 1. The Bertz CT molecular complexity index is 311. The van der Waals surface area contributed by atoms with Crippen molar-refractivity contribution in [2.75, 3.05) is 6.54 Å². The van der Waals surface area contributed by atoms with Crippen LogP contribution in [0.3, 0.4) is 0 Å². The maximum Gasteiger partial charge on any atom is 0.0178 e. The zero-order valence-electron chi connectivity index (χ0n) is 8.25. The summed E-state index contributed by atoms with van der Waals surface area (Å²) in [6.07, 6.45) is 3.94. The van der Waals surface area contributed by atoms with Gasteiger partial charge in [-0.05, 0) is 48.9 Å². The van der Waals surface area contributed by atoms with Gasteiger partial charge in [0.1, 0.15) is 0 Å². The average molecular weight is 254 g/mol. The van der Waals surface area contributed by atoms with E-state index in [4.69, 9.17) is 5.73 Å². The van der Waals surface area contributed by atoms with E-state index in [0.29, 0.717) is 11.8 Å². The van der Waals surface area contributed by atoms with E-state index in [-0.39, 0.29) is 0 Å². The first kappa shape index (κ1) is 10.2. The normalized spacial score (nSPS) is 26.7. The third kappa shape index (κ3) is 2.01. The second-order valence-electron chi connectivity index (χ2n) is 4.09. The van der Waals surface area contributed by atoms with Crippen molar-refractivity contribution in [3.63, 3.8) is 0 Å². The minimum atomic E-state index is 0.692. The Balaban J connectivity index is 2.21. The first-order chi connectivity index (χ1) is 6.81. The molecule has 1 aromatic carbocycles. The zero-order chi connectivity index (χ0) is 9.97. The van der Waals surface area contributed by atoms with E-state index in [0.717, 1.165) is 6.54 Å². The third-order valence-corrected chi connectivity index (χ3v) is 3.73. The summed E-state index contributed by atoms with van der Waals surface area (Å²) in [6.45, 7) is 0.831. The molecule has 2 rings (SSSR count). The molecule has 0 aromatic heterocycles. The molecule has 0 radical (unpaired) electrons. The first-order valence-corrected chi connectivity index (χ1v) is 6.06. The minimum Gasteiger partial charge on any atom is -0.330 e. The highest BCUT2D eigenvalue weighted by Crippen LogP contribution is 2.39. The molecule has 1 aliphatic carbocycles. The number of nitrogens with two attached hydrogens (primary N) is 1. The van der Waals surface area contributed by atoms with Gasteiger partial charge in [-0.1, -0.05) is 34.5 Å². The van der Waals surface area contributed by atoms with E-state index >= 15 is 0 Å². The van der Waals surface area contributed by atoms with Crippen LogP contribution in [-0.4, -0.2) is 6.54 Å². The van der Waals surface area contributed by atoms with E-state index in [9.17, 15) is 0 Å². The summed E-state index contributed by atoms with van der Waals surface area (Å²) in [5, 5.41) is 0. The molecule has 0 aliphatic heterocycles. The number of rotatable bonds is 2. The van der Waals surface area contributed by atoms with Crippen LogP contribution in [0.2, 0.25) is 0 Å². The smallest absolute Gasteiger partial charge is 0.0178 e. The summed E-state index contributed by atoms with van der Waals surface area (Å²) in [5.41, 5.74) is 7.24. The predicted molar refractivity (Wildman–Crippen MR) is 63.3 cm³/mol. The van der Waals surface area contributed by atoms with Crippen LogP contribution in [-0.2, 0) is 0 Å². The summed E-state index contributed by atoms with van der Waals surface area (Å²) in [6, 6.07) is 8.66. The van der Waals surface area contributed by atoms with Crippen LogP contribution in [0.1, 0.15) is 30.7 Å². The fourth-order valence-electron chi connectivity index (χ4n) is 2.50. The Hall–Kier alpha value is -0.340. The number of hydrogen-bond acceptors (Lipinski definition) is 1. The van der Waals surface area contributed by atoms with Gasteiger partial charge in [0.2, 0.25) is 0 Å². The van der Waals surface area contributed by atoms with Gasteiger partial charge < -0.3 is 5.73 Å². The topological polar surface area (TPSA) is 26.0 Å². The molecule has 1 aliphatic rings. The molecule has 1 aromatic rings. The highest BCUT2D eigenvalue weighted by molar-refractivity contribution is 9.10. The summed E-state index contributed by atoms with van der Waals surface area (Å²) in [5.74, 6) is 1.39. The standard InChI is InChI=1S/C12H16BrN/c13-11-5-1-3-9(7-11)12-6-2-4-10(12)8-14/h1,3,5,7,10,12H,2,4,6,8,14H2. The first-order valence-electron chi connectivity index (χ1n) is 5.27. The Morgan fingerprint density at radius 2 is 2.21 bits per heavy atom. The van der Waals surface area contributed by atoms with Crippen molar-refractivity contribution >= 4 is 15.9 Å². The van der Waals surface area contributed by atoms with Gasteiger partial charge in [0.25, 0.3) is 0 Å². The fourth-order valence-corrected chi connectivity index (χ4v) is 2.91. The van der Waals surface area contributed by atoms with E-state index in [1.165, 1.54) is 29.3 Å². The molecule has 0 spiro atoms. The Morgan fingerprint density at radius 3 is 2.93 bits per heavy atom. The Labute approximate surface area is 93.8 Å². The summed E-state index contributed by atoms with van der Waals surface area (Å²) < 4.78 is 1.18. The number of hydrogen-bond donors (Lipinski definition) is 1. The van der Waals surface area contributed by atoms with E-state index in [2.05, 4.69) is 40.2 Å². The molecule has 2 heteroatoms. The summed E-state index contributed by atoms with van der Waals surface area (Å²) in [4.78, 5) is 0. The van der Waals surface area contributed by atoms with Crippen molar-refractivity contribution in [3.05, 3.63) is 34.3 Å². The largest absolute Gasteiger partial charge is 0.330 e. The Morgan fingerprint density at radius 1 is 1.36 bits per heavy atom. The predicted octanol–water partition coefficient (Wildman–Crippen LogP) is 3.29. The minimum absolute atomic E-state index is 0.692. The molecule has 1 nitrogen and oxygen atoms in total. The van der Waals surface area contributed by atoms with Crippen LogP contribution in [0.4, 0.5) is 0 Å². The van der Waals surface area contributed by atoms with Crippen molar-refractivity contribution in [2.45, 2.75) is 25.2 Å². The molecule has 76 valence electrons. The van der Waals surface area contributed by atoms with Crippen molar-refractivity contribution in [2.24, 2.45) is 11.7 Å². The maximum absolute atomic E-state index is 5.79. The van der Waals surface area contributed by atoms with E-state index in [1.807, 2.05) is 0 Å². The monoisotopic (exact) mass is 253 g/mol. The molecule has 1 saturated carbocycles. The van der Waals surface area contributed by atoms with Crippen molar-refractivity contribution in [1.82, 2.24) is 0 Å². The SMILES string of the molecule is NCC1CCCC1c1cccc(Br)c1. The van der Waals surface area contributed by atoms with Gasteiger partial charge in [-0.2, -0.15) is 0 Å². The second kappa shape index (κ2) is 4.45. The lowest BCUT2D eigenvalue weighted by Crippen LogP contribution is -2.17. The van der Waals surface area contributed by atoms with E-state index in [1.54, 1.807) is 0 Å². The maximum atomic E-state index is 5.79. The Kier molecular flexibility index (Phi) is 3.24. The van der Waals surface area contributed by atoms with Gasteiger partial charge in [-0.15, -0.1) is 0 Å². The van der Waals surface area contributed by atoms with Crippen molar-refractivity contribution < 1.29 is 0 Å². The molecular formula is C12H16BrN. The molecule has 0 amide bonds. The highest BCUT2D eigenvalue weighted by Gasteiger charge is 2.27. The average Bonchev–Trinajstić information content (AvgIpc) is 2.65. The lowest BCUT2D eigenvalue weighted by molar-refractivity contribution is 0.496. The van der Waals surface area contributed by atoms with Crippen LogP contribution in [0, 0.1) is 5.92 Å². The lowest BCUT2D eigenvalue weighted by atomic mass is 9.89. The molecule has 0 heterocycles. The second-order valence-corrected chi connectivity index (χ2v) is 5.00. The molecule has 2 N–H and O–H groups in total. The molecule has 2 atom stereocenters. The summed E-state index contributed by atoms with van der Waals surface area (Å²) >= 11 is 3.52. The van der Waals surface area contributed by atoms with Crippen molar-refractivity contribution in [1.29, 1.82) is 0 Å². The molecule has 0 saturated heterocycles. The van der Waals surface area contributed by atoms with Gasteiger partial charge >= 0.3 is 0 Å². The molecule has 0 bridgehead atoms. The molecule has 2 unspecified atom stereocenters. The van der Waals surface area contributed by atoms with Gasteiger partial charge in [0, 0.05) is 4.47 Å². The number of benzene rings is 1. The lowest BCUT2D eigenvalue weighted by Gasteiger charge is -2.18. The van der Waals surface area contributed by atoms with Crippen LogP contribution in [0.5, 0.6) is 0 Å². The highest BCUT2D eigenvalue weighted by atomic mass is 79.9. The molecule has 1 fully saturated rings. The third-order valence-electron chi connectivity index (χ3n) is 3.24. The van der Waals surface area contributed by atoms with Crippen molar-refractivity contribution in [3.8, 4) is 0 Å². The quantitative estimate of drug-likeness (QED) is 0.861. The molecule has 14 heavy (non-hydrogen) atoms. The van der Waals surface area contributed by atoms with Gasteiger partial charge in [0.15, 0.2) is 0 Å². The zero-order valence-corrected chi connectivity index (χ0v) is 9.83. The fraction of sp³-hybridized carbons (Fsp3) is 0.500. The van der Waals surface area contributed by atoms with E-state index < -0.39 is 0 Å². The summed E-state index contributed by atoms with van der Waals surface area (Å²) in [7, 11) is 0. The van der Waals surface area contributed by atoms with Crippen LogP contribution in [0.25, 0.3) is 0 Å². The van der Waals surface area contributed by atoms with Gasteiger partial charge in [0.05, 0.1) is 0 Å².